The van der Waals surface area contributed by atoms with Gasteiger partial charge in [-0.1, -0.05) is 12.1 Å². The lowest BCUT2D eigenvalue weighted by atomic mass is 10.1. The van der Waals surface area contributed by atoms with Gasteiger partial charge in [0.05, 0.1) is 11.5 Å². The maximum Gasteiger partial charge on any atom is 0.240 e. The van der Waals surface area contributed by atoms with Crippen LogP contribution in [0.3, 0.4) is 0 Å². The number of carbonyl (C=O) groups is 2. The molecular formula is C20H23FN2O5S. The fourth-order valence-electron chi connectivity index (χ4n) is 2.44. The van der Waals surface area contributed by atoms with Crippen LogP contribution in [-0.2, 0) is 26.1 Å². The summed E-state index contributed by atoms with van der Waals surface area (Å²) < 4.78 is 44.3. The minimum atomic E-state index is -3.61. The molecule has 1 amide bonds. The van der Waals surface area contributed by atoms with Crippen LogP contribution in [0.2, 0.25) is 0 Å². The number of amides is 1. The first kappa shape index (κ1) is 22.7. The first-order valence-corrected chi connectivity index (χ1v) is 10.4. The number of hydrogen-bond donors (Lipinski definition) is 2. The molecule has 0 aliphatic heterocycles. The Morgan fingerprint density at radius 2 is 1.66 bits per heavy atom. The highest BCUT2D eigenvalue weighted by Crippen LogP contribution is 2.11. The average molecular weight is 422 g/mol. The van der Waals surface area contributed by atoms with Crippen molar-refractivity contribution in [2.24, 2.45) is 0 Å². The van der Waals surface area contributed by atoms with Gasteiger partial charge in [0.2, 0.25) is 15.9 Å². The van der Waals surface area contributed by atoms with E-state index >= 15 is 0 Å². The second-order valence-electron chi connectivity index (χ2n) is 6.24. The molecule has 0 atom stereocenters. The Balaban J connectivity index is 1.79. The molecule has 0 aliphatic carbocycles. The Morgan fingerprint density at radius 1 is 1.00 bits per heavy atom. The summed E-state index contributed by atoms with van der Waals surface area (Å²) in [5.74, 6) is -0.974. The average Bonchev–Trinajstić information content (AvgIpc) is 2.71. The van der Waals surface area contributed by atoms with Gasteiger partial charge in [-0.3, -0.25) is 9.59 Å². The summed E-state index contributed by atoms with van der Waals surface area (Å²) in [6.07, 6.45) is 0.0217. The van der Waals surface area contributed by atoms with E-state index in [0.29, 0.717) is 5.56 Å². The van der Waals surface area contributed by atoms with Gasteiger partial charge in [0.1, 0.15) is 5.82 Å². The highest BCUT2D eigenvalue weighted by atomic mass is 32.2. The van der Waals surface area contributed by atoms with Gasteiger partial charge in [0.25, 0.3) is 0 Å². The molecule has 2 aromatic rings. The van der Waals surface area contributed by atoms with Crippen LogP contribution in [0.1, 0.15) is 28.8 Å². The van der Waals surface area contributed by atoms with Gasteiger partial charge in [-0.15, -0.1) is 0 Å². The number of carbonyl (C=O) groups excluding carboxylic acids is 2. The fraction of sp³-hybridized carbons (Fsp3) is 0.300. The summed E-state index contributed by atoms with van der Waals surface area (Å²) in [5, 5.41) is 2.68. The van der Waals surface area contributed by atoms with Gasteiger partial charge < -0.3 is 10.1 Å². The molecule has 0 saturated heterocycles. The smallest absolute Gasteiger partial charge is 0.240 e. The minimum absolute atomic E-state index is 0.00604. The van der Waals surface area contributed by atoms with Crippen LogP contribution in [0.5, 0.6) is 0 Å². The first-order valence-electron chi connectivity index (χ1n) is 8.95. The predicted molar refractivity (Wildman–Crippen MR) is 105 cm³/mol. The Bertz CT molecular complexity index is 928. The van der Waals surface area contributed by atoms with Gasteiger partial charge in [0.15, 0.2) is 5.78 Å². The normalized spacial score (nSPS) is 11.2. The van der Waals surface area contributed by atoms with Crippen molar-refractivity contribution in [1.29, 1.82) is 0 Å². The molecule has 0 radical (unpaired) electrons. The molecule has 2 aromatic carbocycles. The van der Waals surface area contributed by atoms with Crippen LogP contribution in [-0.4, -0.2) is 40.4 Å². The van der Waals surface area contributed by atoms with E-state index < -0.39 is 15.8 Å². The fourth-order valence-corrected chi connectivity index (χ4v) is 3.46. The summed E-state index contributed by atoms with van der Waals surface area (Å²) >= 11 is 0. The summed E-state index contributed by atoms with van der Waals surface area (Å²) in [4.78, 5) is 24.0. The van der Waals surface area contributed by atoms with E-state index in [2.05, 4.69) is 10.0 Å². The maximum atomic E-state index is 12.9. The van der Waals surface area contributed by atoms with Crippen molar-refractivity contribution in [1.82, 2.24) is 10.0 Å². The van der Waals surface area contributed by atoms with Crippen molar-refractivity contribution in [3.63, 3.8) is 0 Å². The highest BCUT2D eigenvalue weighted by Gasteiger charge is 2.13. The summed E-state index contributed by atoms with van der Waals surface area (Å²) in [6.45, 7) is 0.654. The van der Waals surface area contributed by atoms with Crippen LogP contribution in [0, 0.1) is 5.82 Å². The van der Waals surface area contributed by atoms with Crippen molar-refractivity contribution in [2.75, 3.05) is 20.3 Å². The molecule has 0 unspecified atom stereocenters. The van der Waals surface area contributed by atoms with Crippen LogP contribution in [0.15, 0.2) is 53.4 Å². The number of Topliss-reactive ketones (excluding diaryl/α,β-unsaturated/α-hetero) is 1. The lowest BCUT2D eigenvalue weighted by Gasteiger charge is -2.08. The van der Waals surface area contributed by atoms with Crippen LogP contribution in [0.4, 0.5) is 4.39 Å². The first-order chi connectivity index (χ1) is 13.8. The van der Waals surface area contributed by atoms with Gasteiger partial charge in [-0.2, -0.15) is 0 Å². The molecule has 0 saturated carbocycles. The second kappa shape index (κ2) is 10.8. The molecule has 0 aliphatic rings. The van der Waals surface area contributed by atoms with Crippen LogP contribution < -0.4 is 10.0 Å². The number of benzene rings is 2. The lowest BCUT2D eigenvalue weighted by molar-refractivity contribution is -0.121. The van der Waals surface area contributed by atoms with Crippen molar-refractivity contribution in [2.45, 2.75) is 24.3 Å². The largest absolute Gasteiger partial charge is 0.383 e. The summed E-state index contributed by atoms with van der Waals surface area (Å²) in [6, 6.07) is 11.3. The zero-order valence-corrected chi connectivity index (χ0v) is 16.8. The van der Waals surface area contributed by atoms with Crippen LogP contribution in [0.25, 0.3) is 0 Å². The Morgan fingerprint density at radius 3 is 2.28 bits per heavy atom. The summed E-state index contributed by atoms with van der Waals surface area (Å²) in [7, 11) is -2.12. The van der Waals surface area contributed by atoms with E-state index in [1.807, 2.05) is 0 Å². The van der Waals surface area contributed by atoms with Gasteiger partial charge in [-0.05, 0) is 42.0 Å². The Kier molecular flexibility index (Phi) is 8.44. The molecule has 156 valence electrons. The zero-order valence-electron chi connectivity index (χ0n) is 16.0. The lowest BCUT2D eigenvalue weighted by Crippen LogP contribution is -2.27. The maximum absolute atomic E-state index is 12.9. The van der Waals surface area contributed by atoms with E-state index in [4.69, 9.17) is 4.74 Å². The zero-order chi connectivity index (χ0) is 21.3. The van der Waals surface area contributed by atoms with Gasteiger partial charge >= 0.3 is 0 Å². The number of ketones is 1. The third-order valence-electron chi connectivity index (χ3n) is 4.07. The van der Waals surface area contributed by atoms with Crippen LogP contribution >= 0.6 is 0 Å². The standard InChI is InChI=1S/C20H23FN2O5S/c1-28-13-12-23-29(26,27)18-8-2-15(3-9-18)14-22-20(25)11-10-19(24)16-4-6-17(21)7-5-16/h2-9,23H,10-14H2,1H3,(H,22,25). The molecule has 29 heavy (non-hydrogen) atoms. The minimum Gasteiger partial charge on any atom is -0.383 e. The van der Waals surface area contributed by atoms with E-state index in [9.17, 15) is 22.4 Å². The monoisotopic (exact) mass is 422 g/mol. The number of hydrogen-bond acceptors (Lipinski definition) is 5. The number of ether oxygens (including phenoxy) is 1. The molecule has 2 N–H and O–H groups in total. The second-order valence-corrected chi connectivity index (χ2v) is 8.01. The van der Waals surface area contributed by atoms with Crippen molar-refractivity contribution >= 4 is 21.7 Å². The molecule has 0 bridgehead atoms. The molecule has 0 fully saturated rings. The Labute approximate surface area is 169 Å². The van der Waals surface area contributed by atoms with Crippen molar-refractivity contribution < 1.29 is 27.1 Å². The van der Waals surface area contributed by atoms with E-state index in [-0.39, 0.29) is 49.1 Å². The number of nitrogens with one attached hydrogen (secondary N) is 2. The molecule has 7 nitrogen and oxygen atoms in total. The van der Waals surface area contributed by atoms with E-state index in [0.717, 1.165) is 5.56 Å². The number of halogens is 1. The topological polar surface area (TPSA) is 102 Å². The highest BCUT2D eigenvalue weighted by molar-refractivity contribution is 7.89. The van der Waals surface area contributed by atoms with E-state index in [1.54, 1.807) is 12.1 Å². The molecule has 2 rings (SSSR count). The molecular weight excluding hydrogens is 399 g/mol. The van der Waals surface area contributed by atoms with Gasteiger partial charge in [0, 0.05) is 38.6 Å². The van der Waals surface area contributed by atoms with Crippen molar-refractivity contribution in [3.8, 4) is 0 Å². The SMILES string of the molecule is COCCNS(=O)(=O)c1ccc(CNC(=O)CCC(=O)c2ccc(F)cc2)cc1. The van der Waals surface area contributed by atoms with Gasteiger partial charge in [-0.25, -0.2) is 17.5 Å². The third-order valence-corrected chi connectivity index (χ3v) is 5.54. The predicted octanol–water partition coefficient (Wildman–Crippen LogP) is 2.03. The molecule has 9 heteroatoms. The number of rotatable bonds is 11. The molecule has 0 aromatic heterocycles. The summed E-state index contributed by atoms with van der Waals surface area (Å²) in [5.41, 5.74) is 1.08. The molecule has 0 spiro atoms. The Hall–Kier alpha value is -2.62. The van der Waals surface area contributed by atoms with Crippen molar-refractivity contribution in [3.05, 3.63) is 65.5 Å². The van der Waals surface area contributed by atoms with E-state index in [1.165, 1.54) is 43.5 Å². The molecule has 0 heterocycles. The quantitative estimate of drug-likeness (QED) is 0.426. The third kappa shape index (κ3) is 7.37. The number of sulfonamides is 1. The number of methoxy groups -OCH3 is 1.